The van der Waals surface area contributed by atoms with Gasteiger partial charge in [0.2, 0.25) is 0 Å². The molecule has 0 bridgehead atoms. The number of aromatic nitrogens is 3. The third-order valence-electron chi connectivity index (χ3n) is 2.49. The zero-order valence-corrected chi connectivity index (χ0v) is 8.93. The molecule has 0 spiro atoms. The van der Waals surface area contributed by atoms with E-state index < -0.39 is 0 Å². The van der Waals surface area contributed by atoms with Gasteiger partial charge >= 0.3 is 0 Å². The van der Waals surface area contributed by atoms with Crippen molar-refractivity contribution >= 4 is 5.65 Å². The summed E-state index contributed by atoms with van der Waals surface area (Å²) in [6.07, 6.45) is 4.90. The van der Waals surface area contributed by atoms with Crippen LogP contribution in [0.5, 0.6) is 0 Å². The van der Waals surface area contributed by atoms with Crippen LogP contribution in [0.4, 0.5) is 0 Å². The Hall–Kier alpha value is -1.42. The first-order valence-corrected chi connectivity index (χ1v) is 5.35. The maximum absolute atomic E-state index is 5.99. The number of pyridine rings is 1. The highest BCUT2D eigenvalue weighted by Gasteiger charge is 2.08. The number of nitrogens with zero attached hydrogens (tertiary/aromatic N) is 3. The fourth-order valence-electron chi connectivity index (χ4n) is 1.74. The first-order chi connectivity index (χ1) is 7.31. The zero-order valence-electron chi connectivity index (χ0n) is 8.93. The summed E-state index contributed by atoms with van der Waals surface area (Å²) in [5.41, 5.74) is 6.87. The molecule has 0 fully saturated rings. The Morgan fingerprint density at radius 3 is 3.07 bits per heavy atom. The summed E-state index contributed by atoms with van der Waals surface area (Å²) in [6.45, 7) is 2.14. The molecule has 0 saturated carbocycles. The predicted octanol–water partition coefficient (Wildman–Crippen LogP) is 1.40. The van der Waals surface area contributed by atoms with Crippen molar-refractivity contribution in [3.8, 4) is 0 Å². The quantitative estimate of drug-likeness (QED) is 0.819. The summed E-state index contributed by atoms with van der Waals surface area (Å²) in [4.78, 5) is 0. The lowest BCUT2D eigenvalue weighted by Crippen LogP contribution is -2.23. The Morgan fingerprint density at radius 2 is 2.27 bits per heavy atom. The van der Waals surface area contributed by atoms with Crippen LogP contribution in [0, 0.1) is 0 Å². The largest absolute Gasteiger partial charge is 0.327 e. The maximum Gasteiger partial charge on any atom is 0.160 e. The fourth-order valence-corrected chi connectivity index (χ4v) is 1.74. The lowest BCUT2D eigenvalue weighted by molar-refractivity contribution is 0.582. The lowest BCUT2D eigenvalue weighted by Gasteiger charge is -2.07. The number of fused-ring (bicyclic) bond motifs is 1. The first-order valence-electron chi connectivity index (χ1n) is 5.35. The second-order valence-corrected chi connectivity index (χ2v) is 3.80. The van der Waals surface area contributed by atoms with E-state index in [2.05, 4.69) is 17.1 Å². The molecule has 0 radical (unpaired) electrons. The van der Waals surface area contributed by atoms with E-state index in [0.717, 1.165) is 30.7 Å². The van der Waals surface area contributed by atoms with Gasteiger partial charge in [-0.3, -0.25) is 4.40 Å². The summed E-state index contributed by atoms with van der Waals surface area (Å²) < 4.78 is 2.00. The molecular formula is C11H16N4. The van der Waals surface area contributed by atoms with Crippen molar-refractivity contribution in [1.29, 1.82) is 0 Å². The van der Waals surface area contributed by atoms with Crippen molar-refractivity contribution in [1.82, 2.24) is 14.6 Å². The van der Waals surface area contributed by atoms with Crippen molar-refractivity contribution in [2.24, 2.45) is 5.73 Å². The molecule has 0 aromatic carbocycles. The number of nitrogens with two attached hydrogens (primary N) is 1. The van der Waals surface area contributed by atoms with Crippen LogP contribution < -0.4 is 5.73 Å². The average molecular weight is 204 g/mol. The molecule has 80 valence electrons. The minimum absolute atomic E-state index is 0.183. The second kappa shape index (κ2) is 4.40. The van der Waals surface area contributed by atoms with E-state index in [1.807, 2.05) is 28.8 Å². The molecule has 0 aliphatic rings. The van der Waals surface area contributed by atoms with Crippen molar-refractivity contribution in [2.45, 2.75) is 32.2 Å². The van der Waals surface area contributed by atoms with Crippen LogP contribution in [0.25, 0.3) is 5.65 Å². The van der Waals surface area contributed by atoms with E-state index in [4.69, 9.17) is 5.73 Å². The summed E-state index contributed by atoms with van der Waals surface area (Å²) in [7, 11) is 0. The summed E-state index contributed by atoms with van der Waals surface area (Å²) >= 11 is 0. The molecule has 0 saturated heterocycles. The smallest absolute Gasteiger partial charge is 0.160 e. The topological polar surface area (TPSA) is 56.2 Å². The molecule has 4 nitrogen and oxygen atoms in total. The van der Waals surface area contributed by atoms with Gasteiger partial charge in [0, 0.05) is 18.7 Å². The van der Waals surface area contributed by atoms with Crippen molar-refractivity contribution in [2.75, 3.05) is 0 Å². The van der Waals surface area contributed by atoms with Gasteiger partial charge in [-0.15, -0.1) is 10.2 Å². The van der Waals surface area contributed by atoms with Gasteiger partial charge in [-0.25, -0.2) is 0 Å². The highest BCUT2D eigenvalue weighted by molar-refractivity contribution is 5.37. The van der Waals surface area contributed by atoms with Crippen LogP contribution in [0.3, 0.4) is 0 Å². The minimum atomic E-state index is 0.183. The van der Waals surface area contributed by atoms with Crippen LogP contribution in [0.1, 0.15) is 25.6 Å². The molecule has 4 heteroatoms. The van der Waals surface area contributed by atoms with Crippen LogP contribution in [0.2, 0.25) is 0 Å². The molecule has 15 heavy (non-hydrogen) atoms. The molecule has 2 aromatic heterocycles. The van der Waals surface area contributed by atoms with E-state index in [1.165, 1.54) is 0 Å². The van der Waals surface area contributed by atoms with Crippen LogP contribution in [-0.2, 0) is 6.42 Å². The molecule has 1 unspecified atom stereocenters. The highest BCUT2D eigenvalue weighted by Crippen LogP contribution is 2.06. The third-order valence-corrected chi connectivity index (χ3v) is 2.49. The Kier molecular flexibility index (Phi) is 2.97. The zero-order chi connectivity index (χ0) is 10.7. The van der Waals surface area contributed by atoms with Gasteiger partial charge in [0.05, 0.1) is 0 Å². The third kappa shape index (κ3) is 2.15. The van der Waals surface area contributed by atoms with E-state index in [1.54, 1.807) is 0 Å². The summed E-state index contributed by atoms with van der Waals surface area (Å²) in [5.74, 6) is 0.951. The molecule has 2 rings (SSSR count). The molecule has 0 aliphatic heterocycles. The molecule has 1 atom stereocenters. The molecule has 2 aromatic rings. The number of rotatable bonds is 4. The Bertz CT molecular complexity index is 435. The van der Waals surface area contributed by atoms with Gasteiger partial charge in [0.25, 0.3) is 0 Å². The van der Waals surface area contributed by atoms with Crippen LogP contribution in [0.15, 0.2) is 24.4 Å². The van der Waals surface area contributed by atoms with Gasteiger partial charge in [0.1, 0.15) is 5.82 Å². The Labute approximate surface area is 89.1 Å². The predicted molar refractivity (Wildman–Crippen MR) is 59.6 cm³/mol. The lowest BCUT2D eigenvalue weighted by atomic mass is 10.1. The van der Waals surface area contributed by atoms with E-state index in [-0.39, 0.29) is 6.04 Å². The van der Waals surface area contributed by atoms with Gasteiger partial charge in [-0.1, -0.05) is 19.4 Å². The van der Waals surface area contributed by atoms with Crippen molar-refractivity contribution in [3.05, 3.63) is 30.2 Å². The van der Waals surface area contributed by atoms with Gasteiger partial charge < -0.3 is 5.73 Å². The second-order valence-electron chi connectivity index (χ2n) is 3.80. The van der Waals surface area contributed by atoms with E-state index in [9.17, 15) is 0 Å². The number of hydrogen-bond donors (Lipinski definition) is 1. The average Bonchev–Trinajstić information content (AvgIpc) is 2.62. The maximum atomic E-state index is 5.99. The van der Waals surface area contributed by atoms with E-state index >= 15 is 0 Å². The molecule has 2 N–H and O–H groups in total. The van der Waals surface area contributed by atoms with Crippen LogP contribution in [-0.4, -0.2) is 20.6 Å². The van der Waals surface area contributed by atoms with Crippen molar-refractivity contribution in [3.63, 3.8) is 0 Å². The molecule has 2 heterocycles. The van der Waals surface area contributed by atoms with Crippen LogP contribution >= 0.6 is 0 Å². The Morgan fingerprint density at radius 1 is 1.40 bits per heavy atom. The number of hydrogen-bond acceptors (Lipinski definition) is 3. The minimum Gasteiger partial charge on any atom is -0.327 e. The monoisotopic (exact) mass is 204 g/mol. The van der Waals surface area contributed by atoms with Gasteiger partial charge in [0.15, 0.2) is 5.65 Å². The molecular weight excluding hydrogens is 188 g/mol. The molecule has 0 aliphatic carbocycles. The van der Waals surface area contributed by atoms with E-state index in [0.29, 0.717) is 0 Å². The van der Waals surface area contributed by atoms with Crippen molar-refractivity contribution < 1.29 is 0 Å². The van der Waals surface area contributed by atoms with Gasteiger partial charge in [-0.05, 0) is 18.6 Å². The summed E-state index contributed by atoms with van der Waals surface area (Å²) in [5, 5.41) is 8.24. The fraction of sp³-hybridized carbons (Fsp3) is 0.455. The summed E-state index contributed by atoms with van der Waals surface area (Å²) in [6, 6.07) is 6.06. The standard InChI is InChI=1S/C11H16N4/c1-2-5-9(12)8-11-14-13-10-6-3-4-7-15(10)11/h3-4,6-7,9H,2,5,8,12H2,1H3. The first kappa shape index (κ1) is 10.1. The molecule has 0 amide bonds. The SMILES string of the molecule is CCCC(N)Cc1nnc2ccccn12. The highest BCUT2D eigenvalue weighted by atomic mass is 15.2. The van der Waals surface area contributed by atoms with Gasteiger partial charge in [-0.2, -0.15) is 0 Å². The Balaban J connectivity index is 2.21. The normalized spacial score (nSPS) is 13.2.